The predicted molar refractivity (Wildman–Crippen MR) is 192 cm³/mol. The van der Waals surface area contributed by atoms with Gasteiger partial charge < -0.3 is 20.9 Å². The number of hydrogen-bond acceptors (Lipinski definition) is 7. The van der Waals surface area contributed by atoms with E-state index in [2.05, 4.69) is 22.0 Å². The lowest BCUT2D eigenvalue weighted by molar-refractivity contribution is -0.114. The number of anilines is 3. The Labute approximate surface area is 281 Å². The number of carbonyl (C=O) groups excluding carboxylic acids is 3. The van der Waals surface area contributed by atoms with Crippen LogP contribution in [-0.2, 0) is 9.59 Å². The minimum atomic E-state index is -0.498. The second-order valence-electron chi connectivity index (χ2n) is 10.5. The molecule has 5 rings (SSSR count). The smallest absolute Gasteiger partial charge is 0.272 e. The summed E-state index contributed by atoms with van der Waals surface area (Å²) in [6.07, 6.45) is 1.63. The molecule has 0 spiro atoms. The molecule has 8 nitrogen and oxygen atoms in total. The highest BCUT2D eigenvalue weighted by molar-refractivity contribution is 8.00. The molecule has 47 heavy (non-hydrogen) atoms. The highest BCUT2D eigenvalue weighted by Crippen LogP contribution is 2.35. The highest BCUT2D eigenvalue weighted by atomic mass is 32.2. The van der Waals surface area contributed by atoms with Crippen molar-refractivity contribution >= 4 is 63.3 Å². The SMILES string of the molecule is CN(C)c1ccc(/C=C(/NC(=O)c2ccccc2)C(=O)Nc2cccc(SCC(=O)Nc3scc(-c4ccccc4)c3C#N)c2)cc1. The van der Waals surface area contributed by atoms with Crippen LogP contribution in [0.2, 0.25) is 0 Å². The van der Waals surface area contributed by atoms with Gasteiger partial charge in [-0.15, -0.1) is 23.1 Å². The van der Waals surface area contributed by atoms with E-state index in [9.17, 15) is 19.6 Å². The van der Waals surface area contributed by atoms with Crippen LogP contribution < -0.4 is 20.9 Å². The number of thioether (sulfide) groups is 1. The number of nitriles is 1. The largest absolute Gasteiger partial charge is 0.378 e. The number of hydrogen-bond donors (Lipinski definition) is 3. The number of carbonyl (C=O) groups is 3. The van der Waals surface area contributed by atoms with Crippen LogP contribution in [0.25, 0.3) is 17.2 Å². The Balaban J connectivity index is 1.26. The number of amides is 3. The van der Waals surface area contributed by atoms with Crippen molar-refractivity contribution in [3.63, 3.8) is 0 Å². The first-order chi connectivity index (χ1) is 22.8. The molecule has 0 radical (unpaired) electrons. The molecule has 0 saturated heterocycles. The predicted octanol–water partition coefficient (Wildman–Crippen LogP) is 7.49. The summed E-state index contributed by atoms with van der Waals surface area (Å²) in [6.45, 7) is 0. The number of rotatable bonds is 11. The maximum Gasteiger partial charge on any atom is 0.272 e. The van der Waals surface area contributed by atoms with Crippen LogP contribution in [0.15, 0.2) is 125 Å². The van der Waals surface area contributed by atoms with Crippen molar-refractivity contribution in [1.29, 1.82) is 5.26 Å². The molecule has 0 fully saturated rings. The first-order valence-electron chi connectivity index (χ1n) is 14.6. The van der Waals surface area contributed by atoms with Crippen LogP contribution in [-0.4, -0.2) is 37.6 Å². The van der Waals surface area contributed by atoms with Gasteiger partial charge in [0.25, 0.3) is 11.8 Å². The Morgan fingerprint density at radius 1 is 0.872 bits per heavy atom. The molecule has 10 heteroatoms. The summed E-state index contributed by atoms with van der Waals surface area (Å²) >= 11 is 2.61. The molecule has 0 unspecified atom stereocenters. The quantitative estimate of drug-likeness (QED) is 0.100. The van der Waals surface area contributed by atoms with Gasteiger partial charge in [0.1, 0.15) is 16.8 Å². The van der Waals surface area contributed by atoms with Gasteiger partial charge in [0.2, 0.25) is 5.91 Å². The zero-order valence-corrected chi connectivity index (χ0v) is 27.3. The zero-order chi connectivity index (χ0) is 33.2. The molecule has 3 amide bonds. The summed E-state index contributed by atoms with van der Waals surface area (Å²) < 4.78 is 0. The summed E-state index contributed by atoms with van der Waals surface area (Å²) in [5.41, 5.74) is 4.87. The average molecular weight is 658 g/mol. The molecular weight excluding hydrogens is 627 g/mol. The van der Waals surface area contributed by atoms with E-state index in [1.54, 1.807) is 48.5 Å². The van der Waals surface area contributed by atoms with Crippen LogP contribution in [0.5, 0.6) is 0 Å². The van der Waals surface area contributed by atoms with E-state index in [1.165, 1.54) is 23.1 Å². The topological polar surface area (TPSA) is 114 Å². The van der Waals surface area contributed by atoms with Gasteiger partial charge in [0.15, 0.2) is 0 Å². The molecule has 234 valence electrons. The molecule has 0 aliphatic heterocycles. The van der Waals surface area contributed by atoms with Crippen molar-refractivity contribution < 1.29 is 14.4 Å². The third-order valence-electron chi connectivity index (χ3n) is 6.95. The molecule has 5 aromatic rings. The Morgan fingerprint density at radius 2 is 1.57 bits per heavy atom. The van der Waals surface area contributed by atoms with Crippen LogP contribution in [0, 0.1) is 11.3 Å². The summed E-state index contributed by atoms with van der Waals surface area (Å²) in [5.74, 6) is -1.06. The van der Waals surface area contributed by atoms with Crippen molar-refractivity contribution in [1.82, 2.24) is 5.32 Å². The minimum absolute atomic E-state index is 0.0769. The maximum absolute atomic E-state index is 13.5. The van der Waals surface area contributed by atoms with Crippen LogP contribution >= 0.6 is 23.1 Å². The summed E-state index contributed by atoms with van der Waals surface area (Å²) in [6, 6.07) is 35.2. The molecule has 3 N–H and O–H groups in total. The molecule has 4 aromatic carbocycles. The van der Waals surface area contributed by atoms with Gasteiger partial charge in [-0.3, -0.25) is 14.4 Å². The maximum atomic E-state index is 13.5. The Kier molecular flexibility index (Phi) is 10.9. The summed E-state index contributed by atoms with van der Waals surface area (Å²) in [4.78, 5) is 42.1. The van der Waals surface area contributed by atoms with E-state index >= 15 is 0 Å². The molecule has 0 bridgehead atoms. The van der Waals surface area contributed by atoms with Crippen molar-refractivity contribution in [2.75, 3.05) is 35.4 Å². The van der Waals surface area contributed by atoms with Gasteiger partial charge in [0.05, 0.1) is 11.3 Å². The second-order valence-corrected chi connectivity index (χ2v) is 12.4. The molecule has 0 atom stereocenters. The fourth-order valence-electron chi connectivity index (χ4n) is 4.54. The molecule has 0 aliphatic carbocycles. The standard InChI is InChI=1S/C37H31N5O3S2/c1-42(2)29-18-16-25(17-19-29)20-33(40-35(44)27-12-7-4-8-13-27)36(45)39-28-14-9-15-30(21-28)46-24-34(43)41-37-31(22-38)32(23-47-37)26-10-5-3-6-11-26/h3-21,23H,24H2,1-2H3,(H,39,45)(H,40,44)(H,41,43)/b33-20+. The third kappa shape index (κ3) is 8.76. The Hall–Kier alpha value is -5.63. The molecule has 0 aliphatic rings. The molecule has 0 saturated carbocycles. The van der Waals surface area contributed by atoms with Gasteiger partial charge >= 0.3 is 0 Å². The van der Waals surface area contributed by atoms with Crippen LogP contribution in [0.4, 0.5) is 16.4 Å². The van der Waals surface area contributed by atoms with E-state index in [4.69, 9.17) is 0 Å². The molecule has 1 aromatic heterocycles. The number of nitrogens with one attached hydrogen (secondary N) is 3. The number of nitrogens with zero attached hydrogens (tertiary/aromatic N) is 2. The zero-order valence-electron chi connectivity index (χ0n) is 25.7. The van der Waals surface area contributed by atoms with Crippen molar-refractivity contribution in [2.24, 2.45) is 0 Å². The van der Waals surface area contributed by atoms with Crippen LogP contribution in [0.3, 0.4) is 0 Å². The molecule has 1 heterocycles. The first-order valence-corrected chi connectivity index (χ1v) is 16.4. The fraction of sp³-hybridized carbons (Fsp3) is 0.0811. The van der Waals surface area contributed by atoms with Gasteiger partial charge in [-0.05, 0) is 59.7 Å². The van der Waals surface area contributed by atoms with E-state index in [-0.39, 0.29) is 17.4 Å². The van der Waals surface area contributed by atoms with Crippen molar-refractivity contribution in [3.05, 3.63) is 137 Å². The van der Waals surface area contributed by atoms with Gasteiger partial charge in [-0.25, -0.2) is 0 Å². The van der Waals surface area contributed by atoms with Crippen LogP contribution in [0.1, 0.15) is 21.5 Å². The lowest BCUT2D eigenvalue weighted by Gasteiger charge is -2.14. The highest BCUT2D eigenvalue weighted by Gasteiger charge is 2.17. The fourth-order valence-corrected chi connectivity index (χ4v) is 6.23. The average Bonchev–Trinajstić information content (AvgIpc) is 3.50. The second kappa shape index (κ2) is 15.6. The summed E-state index contributed by atoms with van der Waals surface area (Å²) in [5, 5.41) is 20.6. The number of benzene rings is 4. The first kappa shape index (κ1) is 32.8. The van der Waals surface area contributed by atoms with E-state index < -0.39 is 11.8 Å². The van der Waals surface area contributed by atoms with Crippen molar-refractivity contribution in [3.8, 4) is 17.2 Å². The van der Waals surface area contributed by atoms with E-state index in [0.29, 0.717) is 21.8 Å². The van der Waals surface area contributed by atoms with Gasteiger partial charge in [0, 0.05) is 46.9 Å². The molecular formula is C37H31N5O3S2. The van der Waals surface area contributed by atoms with E-state index in [0.717, 1.165) is 27.3 Å². The van der Waals surface area contributed by atoms with Gasteiger partial charge in [-0.2, -0.15) is 5.26 Å². The minimum Gasteiger partial charge on any atom is -0.378 e. The van der Waals surface area contributed by atoms with E-state index in [1.807, 2.05) is 91.1 Å². The van der Waals surface area contributed by atoms with Crippen molar-refractivity contribution in [2.45, 2.75) is 4.90 Å². The summed E-state index contributed by atoms with van der Waals surface area (Å²) in [7, 11) is 3.89. The van der Waals surface area contributed by atoms with Gasteiger partial charge in [-0.1, -0.05) is 66.7 Å². The Morgan fingerprint density at radius 3 is 2.26 bits per heavy atom. The lowest BCUT2D eigenvalue weighted by Crippen LogP contribution is -2.30. The normalized spacial score (nSPS) is 10.9. The third-order valence-corrected chi connectivity index (χ3v) is 8.84. The Bertz CT molecular complexity index is 1950. The lowest BCUT2D eigenvalue weighted by atomic mass is 10.1. The number of thiophene rings is 1. The monoisotopic (exact) mass is 657 g/mol.